The Morgan fingerprint density at radius 2 is 1.93 bits per heavy atom. The van der Waals surface area contributed by atoms with Gasteiger partial charge in [0.2, 0.25) is 0 Å². The van der Waals surface area contributed by atoms with Crippen molar-refractivity contribution < 1.29 is 14.0 Å². The van der Waals surface area contributed by atoms with Crippen LogP contribution in [0.15, 0.2) is 65.4 Å². The molecule has 1 aromatic carbocycles. The Morgan fingerprint density at radius 1 is 1.11 bits per heavy atom. The van der Waals surface area contributed by atoms with E-state index < -0.39 is 5.66 Å². The van der Waals surface area contributed by atoms with Gasteiger partial charge in [0.25, 0.3) is 11.8 Å². The molecule has 2 aliphatic rings. The molecule has 0 aliphatic carbocycles. The van der Waals surface area contributed by atoms with E-state index in [0.717, 1.165) is 5.56 Å². The van der Waals surface area contributed by atoms with Gasteiger partial charge in [0.05, 0.1) is 17.5 Å². The molecule has 0 radical (unpaired) electrons. The predicted octanol–water partition coefficient (Wildman–Crippen LogP) is 3.34. The van der Waals surface area contributed by atoms with Crippen LogP contribution < -0.4 is 0 Å². The second kappa shape index (κ2) is 6.21. The molecule has 4 heterocycles. The summed E-state index contributed by atoms with van der Waals surface area (Å²) in [7, 11) is 0. The zero-order chi connectivity index (χ0) is 19.3. The fraction of sp³-hybridized carbons (Fsp3) is 0.190. The number of amides is 2. The second-order valence-electron chi connectivity index (χ2n) is 6.89. The minimum atomic E-state index is -0.965. The number of benzene rings is 1. The zero-order valence-corrected chi connectivity index (χ0v) is 15.6. The highest BCUT2D eigenvalue weighted by Gasteiger charge is 2.56. The number of rotatable bonds is 2. The third-order valence-electron chi connectivity index (χ3n) is 5.50. The van der Waals surface area contributed by atoms with Crippen molar-refractivity contribution in [3.63, 3.8) is 0 Å². The van der Waals surface area contributed by atoms with E-state index in [1.54, 1.807) is 52.4 Å². The first-order chi connectivity index (χ1) is 13.6. The molecule has 3 aromatic rings. The first kappa shape index (κ1) is 17.0. The molecule has 6 nitrogen and oxygen atoms in total. The second-order valence-corrected chi connectivity index (χ2v) is 7.33. The van der Waals surface area contributed by atoms with Crippen LogP contribution in [0.4, 0.5) is 0 Å². The van der Waals surface area contributed by atoms with Gasteiger partial charge in [0, 0.05) is 30.7 Å². The van der Waals surface area contributed by atoms with Crippen LogP contribution in [0.3, 0.4) is 0 Å². The summed E-state index contributed by atoms with van der Waals surface area (Å²) in [6.07, 6.45) is 3.55. The molecule has 2 aromatic heterocycles. The summed E-state index contributed by atoms with van der Waals surface area (Å²) in [5.41, 5.74) is 1.11. The number of hydrogen-bond acceptors (Lipinski definition) is 4. The molecule has 7 heteroatoms. The Balaban J connectivity index is 1.71. The molecular weight excluding hydrogens is 378 g/mol. The summed E-state index contributed by atoms with van der Waals surface area (Å²) in [4.78, 5) is 34.5. The number of fused-ring (bicyclic) bond motifs is 2. The van der Waals surface area contributed by atoms with Gasteiger partial charge in [-0.1, -0.05) is 23.7 Å². The highest BCUT2D eigenvalue weighted by molar-refractivity contribution is 6.30. The number of nitrogens with zero attached hydrogens (tertiary/aromatic N) is 3. The standard InChI is InChI=1S/C21H16ClN3O3/c22-15-7-5-14(6-8-15)21-13-17-16(3-1-9-23-17)19(26)24(21)10-11-25(21)20(27)18-4-2-12-28-18/h1-9,12H,10-11,13H2. The van der Waals surface area contributed by atoms with Crippen molar-refractivity contribution in [2.45, 2.75) is 12.1 Å². The fourth-order valence-corrected chi connectivity index (χ4v) is 4.39. The third kappa shape index (κ3) is 2.31. The van der Waals surface area contributed by atoms with E-state index in [4.69, 9.17) is 16.0 Å². The smallest absolute Gasteiger partial charge is 0.291 e. The molecule has 0 N–H and O–H groups in total. The van der Waals surface area contributed by atoms with Gasteiger partial charge in [-0.25, -0.2) is 0 Å². The van der Waals surface area contributed by atoms with Gasteiger partial charge in [-0.15, -0.1) is 0 Å². The van der Waals surface area contributed by atoms with Crippen molar-refractivity contribution in [1.29, 1.82) is 0 Å². The molecule has 1 saturated heterocycles. The van der Waals surface area contributed by atoms with Crippen molar-refractivity contribution in [2.75, 3.05) is 13.1 Å². The normalized spacial score (nSPS) is 20.8. The van der Waals surface area contributed by atoms with Crippen LogP contribution in [-0.4, -0.2) is 39.7 Å². The molecule has 2 aliphatic heterocycles. The van der Waals surface area contributed by atoms with Crippen molar-refractivity contribution in [3.8, 4) is 0 Å². The molecule has 28 heavy (non-hydrogen) atoms. The number of aromatic nitrogens is 1. The van der Waals surface area contributed by atoms with Gasteiger partial charge in [-0.05, 0) is 42.0 Å². The molecular formula is C21H16ClN3O3. The molecule has 0 bridgehead atoms. The van der Waals surface area contributed by atoms with Gasteiger partial charge in [-0.2, -0.15) is 0 Å². The van der Waals surface area contributed by atoms with E-state index in [0.29, 0.717) is 35.8 Å². The number of hydrogen-bond donors (Lipinski definition) is 0. The Labute approximate surface area is 166 Å². The maximum atomic E-state index is 13.3. The largest absolute Gasteiger partial charge is 0.459 e. The average molecular weight is 394 g/mol. The number of pyridine rings is 1. The minimum Gasteiger partial charge on any atom is -0.459 e. The highest BCUT2D eigenvalue weighted by Crippen LogP contribution is 2.45. The van der Waals surface area contributed by atoms with Crippen LogP contribution in [0.25, 0.3) is 0 Å². The number of furan rings is 1. The lowest BCUT2D eigenvalue weighted by Gasteiger charge is -2.46. The molecule has 5 rings (SSSR count). The summed E-state index contributed by atoms with van der Waals surface area (Å²) < 4.78 is 5.35. The molecule has 0 saturated carbocycles. The monoisotopic (exact) mass is 393 g/mol. The van der Waals surface area contributed by atoms with Gasteiger partial charge in [0.1, 0.15) is 5.66 Å². The van der Waals surface area contributed by atoms with Gasteiger partial charge >= 0.3 is 0 Å². The molecule has 0 spiro atoms. The molecule has 140 valence electrons. The molecule has 1 fully saturated rings. The van der Waals surface area contributed by atoms with E-state index in [1.807, 2.05) is 12.1 Å². The van der Waals surface area contributed by atoms with Gasteiger partial charge < -0.3 is 14.2 Å². The number of carbonyl (C=O) groups excluding carboxylic acids is 2. The minimum absolute atomic E-state index is 0.126. The van der Waals surface area contributed by atoms with Crippen LogP contribution in [0.5, 0.6) is 0 Å². The van der Waals surface area contributed by atoms with Crippen LogP contribution in [0.1, 0.15) is 32.2 Å². The van der Waals surface area contributed by atoms with Crippen molar-refractivity contribution in [1.82, 2.24) is 14.8 Å². The van der Waals surface area contributed by atoms with Crippen LogP contribution in [-0.2, 0) is 12.1 Å². The van der Waals surface area contributed by atoms with Crippen molar-refractivity contribution in [2.24, 2.45) is 0 Å². The van der Waals surface area contributed by atoms with E-state index in [9.17, 15) is 9.59 Å². The van der Waals surface area contributed by atoms with E-state index in [-0.39, 0.29) is 17.6 Å². The molecule has 1 atom stereocenters. The van der Waals surface area contributed by atoms with E-state index in [1.165, 1.54) is 6.26 Å². The van der Waals surface area contributed by atoms with E-state index >= 15 is 0 Å². The van der Waals surface area contributed by atoms with Crippen molar-refractivity contribution in [3.05, 3.63) is 88.6 Å². The summed E-state index contributed by atoms with van der Waals surface area (Å²) >= 11 is 6.09. The first-order valence-corrected chi connectivity index (χ1v) is 9.36. The average Bonchev–Trinajstić information content (AvgIpc) is 3.37. The lowest BCUT2D eigenvalue weighted by atomic mass is 9.86. The number of carbonyl (C=O) groups is 2. The third-order valence-corrected chi connectivity index (χ3v) is 5.76. The summed E-state index contributed by atoms with van der Waals surface area (Å²) in [5, 5.41) is 0.592. The van der Waals surface area contributed by atoms with Gasteiger partial charge in [-0.3, -0.25) is 14.6 Å². The highest BCUT2D eigenvalue weighted by atomic mass is 35.5. The van der Waals surface area contributed by atoms with Crippen molar-refractivity contribution >= 4 is 23.4 Å². The van der Waals surface area contributed by atoms with E-state index in [2.05, 4.69) is 4.98 Å². The summed E-state index contributed by atoms with van der Waals surface area (Å²) in [6, 6.07) is 14.1. The zero-order valence-electron chi connectivity index (χ0n) is 14.8. The first-order valence-electron chi connectivity index (χ1n) is 8.98. The SMILES string of the molecule is O=C(c1ccco1)N1CCN2C(=O)c3cccnc3CC12c1ccc(Cl)cc1. The lowest BCUT2D eigenvalue weighted by molar-refractivity contribution is 0.00553. The Morgan fingerprint density at radius 3 is 2.68 bits per heavy atom. The quantitative estimate of drug-likeness (QED) is 0.669. The predicted molar refractivity (Wildman–Crippen MR) is 102 cm³/mol. The lowest BCUT2D eigenvalue weighted by Crippen LogP contribution is -2.58. The summed E-state index contributed by atoms with van der Waals surface area (Å²) in [5.74, 6) is -0.136. The van der Waals surface area contributed by atoms with Crippen LogP contribution in [0, 0.1) is 0 Å². The summed E-state index contributed by atoms with van der Waals surface area (Å²) in [6.45, 7) is 0.837. The maximum absolute atomic E-state index is 13.3. The topological polar surface area (TPSA) is 66.7 Å². The van der Waals surface area contributed by atoms with Crippen LogP contribution in [0.2, 0.25) is 5.02 Å². The molecule has 2 amide bonds. The molecule has 1 unspecified atom stereocenters. The Kier molecular flexibility index (Phi) is 3.77. The Hall–Kier alpha value is -3.12. The fourth-order valence-electron chi connectivity index (χ4n) is 4.26. The maximum Gasteiger partial charge on any atom is 0.291 e. The van der Waals surface area contributed by atoms with Crippen LogP contribution >= 0.6 is 11.6 Å². The Bertz CT molecular complexity index is 1060. The number of halogens is 1. The van der Waals surface area contributed by atoms with Gasteiger partial charge in [0.15, 0.2) is 5.76 Å².